The minimum absolute atomic E-state index is 0.0211. The number of aliphatic hydroxyl groups excluding tert-OH is 1. The Kier molecular flexibility index (Phi) is 5.22. The third-order valence-corrected chi connectivity index (χ3v) is 3.62. The van der Waals surface area contributed by atoms with Crippen LogP contribution < -0.4 is 5.73 Å². The maximum absolute atomic E-state index is 12.1. The van der Waals surface area contributed by atoms with E-state index in [1.165, 1.54) is 0 Å². The summed E-state index contributed by atoms with van der Waals surface area (Å²) in [7, 11) is 0. The van der Waals surface area contributed by atoms with Crippen LogP contribution in [0.4, 0.5) is 0 Å². The number of hydrogen-bond acceptors (Lipinski definition) is 3. The van der Waals surface area contributed by atoms with Crippen LogP contribution in [0.1, 0.15) is 33.1 Å². The first-order valence-electron chi connectivity index (χ1n) is 6.23. The Morgan fingerprint density at radius 2 is 2.31 bits per heavy atom. The van der Waals surface area contributed by atoms with E-state index in [1.54, 1.807) is 0 Å². The molecule has 0 aromatic rings. The van der Waals surface area contributed by atoms with Crippen molar-refractivity contribution in [3.8, 4) is 0 Å². The van der Waals surface area contributed by atoms with Crippen molar-refractivity contribution in [2.24, 2.45) is 17.6 Å². The van der Waals surface area contributed by atoms with Crippen molar-refractivity contribution >= 4 is 5.91 Å². The van der Waals surface area contributed by atoms with E-state index < -0.39 is 0 Å². The molecule has 3 N–H and O–H groups in total. The van der Waals surface area contributed by atoms with Crippen molar-refractivity contribution in [1.82, 2.24) is 4.90 Å². The number of carbonyl (C=O) groups is 1. The van der Waals surface area contributed by atoms with Gasteiger partial charge in [0.15, 0.2) is 0 Å². The van der Waals surface area contributed by atoms with Gasteiger partial charge in [-0.3, -0.25) is 4.79 Å². The SMILES string of the molecule is CC(CCCN)C(=O)N1CCC(C)C1CO. The van der Waals surface area contributed by atoms with Gasteiger partial charge in [-0.2, -0.15) is 0 Å². The molecule has 16 heavy (non-hydrogen) atoms. The molecular formula is C12H24N2O2. The highest BCUT2D eigenvalue weighted by Crippen LogP contribution is 2.25. The molecule has 1 fully saturated rings. The van der Waals surface area contributed by atoms with Crippen LogP contribution >= 0.6 is 0 Å². The summed E-state index contributed by atoms with van der Waals surface area (Å²) in [5.41, 5.74) is 5.44. The van der Waals surface area contributed by atoms with Crippen molar-refractivity contribution in [1.29, 1.82) is 0 Å². The highest BCUT2D eigenvalue weighted by molar-refractivity contribution is 5.79. The number of rotatable bonds is 5. The van der Waals surface area contributed by atoms with Gasteiger partial charge < -0.3 is 15.7 Å². The molecule has 3 atom stereocenters. The molecule has 1 rings (SSSR count). The van der Waals surface area contributed by atoms with Crippen molar-refractivity contribution < 1.29 is 9.90 Å². The number of nitrogens with two attached hydrogens (primary N) is 1. The normalized spacial score (nSPS) is 27.1. The first-order valence-corrected chi connectivity index (χ1v) is 6.23. The predicted molar refractivity (Wildman–Crippen MR) is 63.8 cm³/mol. The summed E-state index contributed by atoms with van der Waals surface area (Å²) in [6.07, 6.45) is 2.74. The molecular weight excluding hydrogens is 204 g/mol. The molecule has 4 heteroatoms. The molecule has 1 heterocycles. The Morgan fingerprint density at radius 1 is 1.62 bits per heavy atom. The quantitative estimate of drug-likeness (QED) is 0.724. The summed E-state index contributed by atoms with van der Waals surface area (Å²) in [5, 5.41) is 9.30. The minimum Gasteiger partial charge on any atom is -0.394 e. The Balaban J connectivity index is 2.52. The second kappa shape index (κ2) is 6.21. The van der Waals surface area contributed by atoms with Crippen LogP contribution in [0.15, 0.2) is 0 Å². The van der Waals surface area contributed by atoms with Crippen LogP contribution in [0, 0.1) is 11.8 Å². The van der Waals surface area contributed by atoms with E-state index in [1.807, 2.05) is 11.8 Å². The van der Waals surface area contributed by atoms with E-state index >= 15 is 0 Å². The van der Waals surface area contributed by atoms with Crippen LogP contribution in [0.5, 0.6) is 0 Å². The van der Waals surface area contributed by atoms with E-state index in [4.69, 9.17) is 5.73 Å². The predicted octanol–water partition coefficient (Wildman–Crippen LogP) is 0.591. The number of amides is 1. The molecule has 1 saturated heterocycles. The molecule has 3 unspecified atom stereocenters. The van der Waals surface area contributed by atoms with Gasteiger partial charge in [0, 0.05) is 12.5 Å². The van der Waals surface area contributed by atoms with Gasteiger partial charge in [0.1, 0.15) is 0 Å². The molecule has 94 valence electrons. The van der Waals surface area contributed by atoms with Crippen molar-refractivity contribution in [2.75, 3.05) is 19.7 Å². The summed E-state index contributed by atoms with van der Waals surface area (Å²) in [6, 6.07) is 0.0211. The standard InChI is InChI=1S/C12H24N2O2/c1-9-5-7-14(11(9)8-15)12(16)10(2)4-3-6-13/h9-11,15H,3-8,13H2,1-2H3. The zero-order chi connectivity index (χ0) is 12.1. The molecule has 1 amide bonds. The Labute approximate surface area is 97.8 Å². The Bertz CT molecular complexity index is 233. The summed E-state index contributed by atoms with van der Waals surface area (Å²) >= 11 is 0. The van der Waals surface area contributed by atoms with E-state index in [-0.39, 0.29) is 24.5 Å². The lowest BCUT2D eigenvalue weighted by molar-refractivity contribution is -0.137. The van der Waals surface area contributed by atoms with Gasteiger partial charge in [0.2, 0.25) is 5.91 Å². The third-order valence-electron chi connectivity index (χ3n) is 3.62. The van der Waals surface area contributed by atoms with Gasteiger partial charge in [-0.05, 0) is 31.7 Å². The van der Waals surface area contributed by atoms with Crippen LogP contribution in [0.2, 0.25) is 0 Å². The second-order valence-corrected chi connectivity index (χ2v) is 4.88. The maximum Gasteiger partial charge on any atom is 0.225 e. The lowest BCUT2D eigenvalue weighted by atomic mass is 10.0. The number of carbonyl (C=O) groups excluding carboxylic acids is 1. The lowest BCUT2D eigenvalue weighted by Crippen LogP contribution is -2.42. The van der Waals surface area contributed by atoms with Gasteiger partial charge >= 0.3 is 0 Å². The zero-order valence-electron chi connectivity index (χ0n) is 10.4. The Hall–Kier alpha value is -0.610. The molecule has 0 aromatic carbocycles. The minimum atomic E-state index is 0.0211. The summed E-state index contributed by atoms with van der Waals surface area (Å²) < 4.78 is 0. The fraction of sp³-hybridized carbons (Fsp3) is 0.917. The molecule has 0 aliphatic carbocycles. The van der Waals surface area contributed by atoms with Crippen LogP contribution in [0.25, 0.3) is 0 Å². The van der Waals surface area contributed by atoms with E-state index in [2.05, 4.69) is 6.92 Å². The number of aliphatic hydroxyl groups is 1. The van der Waals surface area contributed by atoms with Gasteiger partial charge in [0.05, 0.1) is 12.6 Å². The van der Waals surface area contributed by atoms with E-state index in [9.17, 15) is 9.90 Å². The van der Waals surface area contributed by atoms with Gasteiger partial charge in [-0.15, -0.1) is 0 Å². The molecule has 0 saturated carbocycles. The van der Waals surface area contributed by atoms with Gasteiger partial charge in [-0.25, -0.2) is 0 Å². The molecule has 0 bridgehead atoms. The van der Waals surface area contributed by atoms with Crippen molar-refractivity contribution in [3.63, 3.8) is 0 Å². The number of hydrogen-bond donors (Lipinski definition) is 2. The average Bonchev–Trinajstić information content (AvgIpc) is 2.66. The molecule has 0 radical (unpaired) electrons. The molecule has 1 aliphatic rings. The smallest absolute Gasteiger partial charge is 0.225 e. The Morgan fingerprint density at radius 3 is 2.88 bits per heavy atom. The number of likely N-dealkylation sites (tertiary alicyclic amines) is 1. The summed E-state index contributed by atoms with van der Waals surface area (Å²) in [4.78, 5) is 14.0. The topological polar surface area (TPSA) is 66.6 Å². The monoisotopic (exact) mass is 228 g/mol. The second-order valence-electron chi connectivity index (χ2n) is 4.88. The van der Waals surface area contributed by atoms with E-state index in [0.717, 1.165) is 25.8 Å². The molecule has 4 nitrogen and oxygen atoms in total. The molecule has 1 aliphatic heterocycles. The van der Waals surface area contributed by atoms with E-state index in [0.29, 0.717) is 12.5 Å². The highest BCUT2D eigenvalue weighted by atomic mass is 16.3. The maximum atomic E-state index is 12.1. The van der Waals surface area contributed by atoms with Crippen molar-refractivity contribution in [2.45, 2.75) is 39.2 Å². The first-order chi connectivity index (χ1) is 7.61. The fourth-order valence-corrected chi connectivity index (χ4v) is 2.39. The zero-order valence-corrected chi connectivity index (χ0v) is 10.4. The van der Waals surface area contributed by atoms with Crippen molar-refractivity contribution in [3.05, 3.63) is 0 Å². The lowest BCUT2D eigenvalue weighted by Gasteiger charge is -2.28. The first kappa shape index (κ1) is 13.5. The van der Waals surface area contributed by atoms with Crippen LogP contribution in [-0.2, 0) is 4.79 Å². The largest absolute Gasteiger partial charge is 0.394 e. The molecule has 0 spiro atoms. The third kappa shape index (κ3) is 2.95. The number of nitrogens with zero attached hydrogens (tertiary/aromatic N) is 1. The summed E-state index contributed by atoms with van der Waals surface area (Å²) in [6.45, 7) is 5.56. The molecule has 0 aromatic heterocycles. The fourth-order valence-electron chi connectivity index (χ4n) is 2.39. The van der Waals surface area contributed by atoms with Crippen LogP contribution in [-0.4, -0.2) is 41.7 Å². The average molecular weight is 228 g/mol. The van der Waals surface area contributed by atoms with Gasteiger partial charge in [-0.1, -0.05) is 13.8 Å². The van der Waals surface area contributed by atoms with Gasteiger partial charge in [0.25, 0.3) is 0 Å². The van der Waals surface area contributed by atoms with Crippen LogP contribution in [0.3, 0.4) is 0 Å². The summed E-state index contributed by atoms with van der Waals surface area (Å²) in [5.74, 6) is 0.621. The highest BCUT2D eigenvalue weighted by Gasteiger charge is 2.35.